The van der Waals surface area contributed by atoms with Crippen molar-refractivity contribution >= 4 is 23.3 Å². The highest BCUT2D eigenvalue weighted by atomic mass is 32.2. The van der Waals surface area contributed by atoms with Gasteiger partial charge in [-0.3, -0.25) is 9.59 Å². The molecule has 7 nitrogen and oxygen atoms in total. The molecule has 0 amide bonds. The fraction of sp³-hybridized carbons (Fsp3) is 0.611. The van der Waals surface area contributed by atoms with E-state index in [0.29, 0.717) is 22.5 Å². The summed E-state index contributed by atoms with van der Waals surface area (Å²) in [4.78, 5) is 27.8. The van der Waals surface area contributed by atoms with Gasteiger partial charge in [0.1, 0.15) is 0 Å². The number of tetrazole rings is 1. The van der Waals surface area contributed by atoms with Crippen LogP contribution < -0.4 is 0 Å². The summed E-state index contributed by atoms with van der Waals surface area (Å²) in [5, 5.41) is 12.4. The van der Waals surface area contributed by atoms with E-state index < -0.39 is 0 Å². The smallest absolute Gasteiger partial charge is 0.210 e. The molecule has 1 atom stereocenters. The van der Waals surface area contributed by atoms with Gasteiger partial charge in [-0.15, -0.1) is 5.10 Å². The monoisotopic (exact) mass is 375 g/mol. The molecular weight excluding hydrogens is 350 g/mol. The minimum absolute atomic E-state index is 0.0307. The van der Waals surface area contributed by atoms with Gasteiger partial charge in [0.15, 0.2) is 11.6 Å². The van der Waals surface area contributed by atoms with Crippen molar-refractivity contribution < 1.29 is 9.59 Å². The Morgan fingerprint density at radius 1 is 1.23 bits per heavy atom. The number of thioether (sulfide) groups is 1. The summed E-state index contributed by atoms with van der Waals surface area (Å²) in [7, 11) is 0. The van der Waals surface area contributed by atoms with Gasteiger partial charge in [-0.25, -0.2) is 4.68 Å². The summed E-state index contributed by atoms with van der Waals surface area (Å²) in [6.07, 6.45) is 5.81. The molecule has 0 radical (unpaired) electrons. The lowest BCUT2D eigenvalue weighted by molar-refractivity contribution is 0.0988. The average Bonchev–Trinajstić information content (AvgIpc) is 3.19. The minimum Gasteiger partial charge on any atom is -0.355 e. The van der Waals surface area contributed by atoms with Crippen molar-refractivity contribution in [1.29, 1.82) is 0 Å². The fourth-order valence-corrected chi connectivity index (χ4v) is 4.68. The Kier molecular flexibility index (Phi) is 5.60. The molecule has 2 heterocycles. The highest BCUT2D eigenvalue weighted by Crippen LogP contribution is 2.32. The van der Waals surface area contributed by atoms with Crippen LogP contribution in [0.3, 0.4) is 0 Å². The van der Waals surface area contributed by atoms with Crippen LogP contribution in [0.1, 0.15) is 84.1 Å². The molecule has 0 aromatic carbocycles. The van der Waals surface area contributed by atoms with Gasteiger partial charge < -0.3 is 4.98 Å². The van der Waals surface area contributed by atoms with Gasteiger partial charge >= 0.3 is 0 Å². The second kappa shape index (κ2) is 7.73. The lowest BCUT2D eigenvalue weighted by atomic mass is 9.96. The summed E-state index contributed by atoms with van der Waals surface area (Å²) >= 11 is 1.38. The van der Waals surface area contributed by atoms with Gasteiger partial charge in [-0.2, -0.15) is 0 Å². The third-order valence-electron chi connectivity index (χ3n) is 5.07. The van der Waals surface area contributed by atoms with Crippen LogP contribution >= 0.6 is 11.8 Å². The molecule has 0 unspecified atom stereocenters. The van der Waals surface area contributed by atoms with E-state index in [4.69, 9.17) is 0 Å². The number of carbonyl (C=O) groups excluding carboxylic acids is 2. The van der Waals surface area contributed by atoms with Crippen LogP contribution in [-0.4, -0.2) is 42.0 Å². The van der Waals surface area contributed by atoms with Gasteiger partial charge in [0, 0.05) is 11.3 Å². The normalized spacial score (nSPS) is 16.6. The van der Waals surface area contributed by atoms with E-state index in [-0.39, 0.29) is 16.8 Å². The predicted octanol–water partition coefficient (Wildman–Crippen LogP) is 3.69. The zero-order chi connectivity index (χ0) is 18.8. The molecule has 1 aliphatic rings. The number of nitrogens with zero attached hydrogens (tertiary/aromatic N) is 4. The molecule has 2 aromatic heterocycles. The SMILES string of the molecule is CC(=O)c1c(C)[nH]c(C(=O)[C@@H](C)Sc2nnnn2C2CCCCC2)c1C. The molecule has 3 rings (SSSR count). The molecule has 1 N–H and O–H groups in total. The van der Waals surface area contributed by atoms with Crippen molar-refractivity contribution in [3.63, 3.8) is 0 Å². The van der Waals surface area contributed by atoms with E-state index >= 15 is 0 Å². The summed E-state index contributed by atoms with van der Waals surface area (Å²) < 4.78 is 1.88. The summed E-state index contributed by atoms with van der Waals surface area (Å²) in [5.74, 6) is -0.0712. The molecule has 0 saturated heterocycles. The van der Waals surface area contributed by atoms with Crippen molar-refractivity contribution in [2.24, 2.45) is 0 Å². The maximum absolute atomic E-state index is 12.9. The number of aromatic amines is 1. The highest BCUT2D eigenvalue weighted by molar-refractivity contribution is 8.00. The number of carbonyl (C=O) groups is 2. The fourth-order valence-electron chi connectivity index (χ4n) is 3.76. The first kappa shape index (κ1) is 18.8. The van der Waals surface area contributed by atoms with Crippen molar-refractivity contribution in [1.82, 2.24) is 25.2 Å². The van der Waals surface area contributed by atoms with Crippen molar-refractivity contribution in [3.05, 3.63) is 22.5 Å². The quantitative estimate of drug-likeness (QED) is 0.611. The maximum atomic E-state index is 12.9. The van der Waals surface area contributed by atoms with Gasteiger partial charge in [0.25, 0.3) is 0 Å². The zero-order valence-corrected chi connectivity index (χ0v) is 16.5. The Morgan fingerprint density at radius 2 is 1.92 bits per heavy atom. The number of ketones is 2. The number of aryl methyl sites for hydroxylation is 1. The lowest BCUT2D eigenvalue weighted by Gasteiger charge is -2.22. The van der Waals surface area contributed by atoms with Gasteiger partial charge in [0.2, 0.25) is 5.16 Å². The Bertz CT molecular complexity index is 820. The van der Waals surface area contributed by atoms with E-state index in [9.17, 15) is 9.59 Å². The molecule has 2 aromatic rings. The van der Waals surface area contributed by atoms with Gasteiger partial charge in [0.05, 0.1) is 17.0 Å². The van der Waals surface area contributed by atoms with E-state index in [1.807, 2.05) is 25.5 Å². The molecule has 0 bridgehead atoms. The number of hydrogen-bond donors (Lipinski definition) is 1. The molecule has 0 aliphatic heterocycles. The molecule has 0 spiro atoms. The lowest BCUT2D eigenvalue weighted by Crippen LogP contribution is -2.19. The topological polar surface area (TPSA) is 93.5 Å². The van der Waals surface area contributed by atoms with Crippen LogP contribution in [0.4, 0.5) is 0 Å². The first-order valence-corrected chi connectivity index (χ1v) is 9.97. The number of hydrogen-bond acceptors (Lipinski definition) is 6. The van der Waals surface area contributed by atoms with E-state index in [1.165, 1.54) is 37.9 Å². The Hall–Kier alpha value is -1.96. The second-order valence-electron chi connectivity index (χ2n) is 7.00. The van der Waals surface area contributed by atoms with Crippen LogP contribution in [0.5, 0.6) is 0 Å². The Morgan fingerprint density at radius 3 is 2.54 bits per heavy atom. The van der Waals surface area contributed by atoms with Crippen LogP contribution in [-0.2, 0) is 0 Å². The molecule has 1 aliphatic carbocycles. The molecule has 26 heavy (non-hydrogen) atoms. The summed E-state index contributed by atoms with van der Waals surface area (Å²) in [5.41, 5.74) is 2.57. The van der Waals surface area contributed by atoms with Gasteiger partial charge in [-0.05, 0) is 56.5 Å². The number of nitrogens with one attached hydrogen (secondary N) is 1. The highest BCUT2D eigenvalue weighted by Gasteiger charge is 2.27. The van der Waals surface area contributed by atoms with Crippen LogP contribution in [0.2, 0.25) is 0 Å². The zero-order valence-electron chi connectivity index (χ0n) is 15.7. The van der Waals surface area contributed by atoms with Crippen LogP contribution in [0.25, 0.3) is 0 Å². The second-order valence-corrected chi connectivity index (χ2v) is 8.31. The first-order chi connectivity index (χ1) is 12.4. The van der Waals surface area contributed by atoms with Gasteiger partial charge in [-0.1, -0.05) is 31.0 Å². The molecular formula is C18H25N5O2S. The molecule has 8 heteroatoms. The third-order valence-corrected chi connectivity index (χ3v) is 6.12. The van der Waals surface area contributed by atoms with Crippen molar-refractivity contribution in [2.45, 2.75) is 76.2 Å². The van der Waals surface area contributed by atoms with E-state index in [0.717, 1.165) is 24.1 Å². The Labute approximate surface area is 157 Å². The maximum Gasteiger partial charge on any atom is 0.210 e. The number of aromatic nitrogens is 5. The summed E-state index contributed by atoms with van der Waals surface area (Å²) in [6, 6.07) is 0.322. The predicted molar refractivity (Wildman–Crippen MR) is 99.9 cm³/mol. The molecule has 1 fully saturated rings. The number of rotatable bonds is 6. The van der Waals surface area contributed by atoms with E-state index in [1.54, 1.807) is 0 Å². The van der Waals surface area contributed by atoms with E-state index in [2.05, 4.69) is 20.5 Å². The Balaban J connectivity index is 1.78. The minimum atomic E-state index is -0.347. The average molecular weight is 375 g/mol. The van der Waals surface area contributed by atoms with Crippen molar-refractivity contribution in [2.75, 3.05) is 0 Å². The standard InChI is InChI=1S/C18H25N5O2S/c1-10-15(12(3)24)11(2)19-16(10)17(25)13(4)26-18-20-21-22-23(18)14-8-6-5-7-9-14/h13-14,19H,5-9H2,1-4H3/t13-/m1/s1. The molecule has 1 saturated carbocycles. The van der Waals surface area contributed by atoms with Crippen LogP contribution in [0, 0.1) is 13.8 Å². The molecule has 140 valence electrons. The third kappa shape index (κ3) is 3.60. The number of H-pyrrole nitrogens is 1. The largest absolute Gasteiger partial charge is 0.355 e. The summed E-state index contributed by atoms with van der Waals surface area (Å²) in [6.45, 7) is 7.02. The first-order valence-electron chi connectivity index (χ1n) is 9.09. The number of Topliss-reactive ketones (excluding diaryl/α,β-unsaturated/α-hetero) is 2. The van der Waals surface area contributed by atoms with Crippen LogP contribution in [0.15, 0.2) is 5.16 Å². The van der Waals surface area contributed by atoms with Crippen molar-refractivity contribution in [3.8, 4) is 0 Å².